The molecule has 0 atom stereocenters. The van der Waals surface area contributed by atoms with Gasteiger partial charge in [0.05, 0.1) is 10.6 Å². The van der Waals surface area contributed by atoms with Crippen molar-refractivity contribution < 1.29 is 9.59 Å². The van der Waals surface area contributed by atoms with Crippen LogP contribution in [0.5, 0.6) is 0 Å². The zero-order valence-corrected chi connectivity index (χ0v) is 13.0. The molecule has 0 aromatic carbocycles. The maximum Gasteiger partial charge on any atom is 0.255 e. The Labute approximate surface area is 129 Å². The summed E-state index contributed by atoms with van der Waals surface area (Å²) in [6, 6.07) is 1.59. The number of likely N-dealkylation sites (N-methyl/N-ethyl adjacent to an activating group) is 1. The van der Waals surface area contributed by atoms with Gasteiger partial charge >= 0.3 is 0 Å². The van der Waals surface area contributed by atoms with E-state index in [-0.39, 0.29) is 18.4 Å². The first-order valence-corrected chi connectivity index (χ1v) is 7.33. The summed E-state index contributed by atoms with van der Waals surface area (Å²) in [4.78, 5) is 31.7. The molecule has 0 aliphatic carbocycles. The van der Waals surface area contributed by atoms with E-state index in [4.69, 9.17) is 11.6 Å². The Hall–Kier alpha value is -1.82. The zero-order chi connectivity index (χ0) is 15.4. The monoisotopic (exact) mass is 310 g/mol. The van der Waals surface area contributed by atoms with Crippen molar-refractivity contribution in [3.8, 4) is 0 Å². The van der Waals surface area contributed by atoms with Crippen LogP contribution in [0.2, 0.25) is 5.02 Å². The molecule has 1 saturated heterocycles. The molecular formula is C14H19ClN4O2. The van der Waals surface area contributed by atoms with Crippen LogP contribution in [0.4, 0.5) is 5.82 Å². The predicted molar refractivity (Wildman–Crippen MR) is 81.6 cm³/mol. The Morgan fingerprint density at radius 1 is 1.48 bits per heavy atom. The highest BCUT2D eigenvalue weighted by Crippen LogP contribution is 2.21. The lowest BCUT2D eigenvalue weighted by molar-refractivity contribution is -0.129. The van der Waals surface area contributed by atoms with Gasteiger partial charge < -0.3 is 15.1 Å². The van der Waals surface area contributed by atoms with Gasteiger partial charge in [-0.1, -0.05) is 11.6 Å². The number of pyridine rings is 1. The molecule has 1 aliphatic heterocycles. The molecule has 6 nitrogen and oxygen atoms in total. The Morgan fingerprint density at radius 3 is 2.90 bits per heavy atom. The molecule has 1 N–H and O–H groups in total. The van der Waals surface area contributed by atoms with E-state index in [1.807, 2.05) is 6.92 Å². The molecule has 1 aromatic heterocycles. The average molecular weight is 311 g/mol. The summed E-state index contributed by atoms with van der Waals surface area (Å²) in [5, 5.41) is 3.42. The van der Waals surface area contributed by atoms with Crippen LogP contribution in [-0.4, -0.2) is 59.8 Å². The SMILES string of the molecule is CCNc1ncc(C(=O)N2CCCN(C)C(=O)C2)cc1Cl. The van der Waals surface area contributed by atoms with Gasteiger partial charge in [0.15, 0.2) is 0 Å². The van der Waals surface area contributed by atoms with Crippen molar-refractivity contribution in [2.24, 2.45) is 0 Å². The maximum atomic E-state index is 12.5. The van der Waals surface area contributed by atoms with Gasteiger partial charge in [0.25, 0.3) is 5.91 Å². The van der Waals surface area contributed by atoms with Crippen molar-refractivity contribution in [1.29, 1.82) is 0 Å². The normalized spacial score (nSPS) is 15.9. The molecule has 0 unspecified atom stereocenters. The largest absolute Gasteiger partial charge is 0.369 e. The summed E-state index contributed by atoms with van der Waals surface area (Å²) < 4.78 is 0. The molecule has 21 heavy (non-hydrogen) atoms. The number of nitrogens with zero attached hydrogens (tertiary/aromatic N) is 3. The van der Waals surface area contributed by atoms with Crippen molar-refractivity contribution in [1.82, 2.24) is 14.8 Å². The fourth-order valence-electron chi connectivity index (χ4n) is 2.19. The number of aromatic nitrogens is 1. The van der Waals surface area contributed by atoms with Crippen LogP contribution in [0.15, 0.2) is 12.3 Å². The van der Waals surface area contributed by atoms with Crippen molar-refractivity contribution in [2.45, 2.75) is 13.3 Å². The highest BCUT2D eigenvalue weighted by molar-refractivity contribution is 6.33. The van der Waals surface area contributed by atoms with E-state index in [9.17, 15) is 9.59 Å². The second kappa shape index (κ2) is 6.76. The van der Waals surface area contributed by atoms with E-state index in [0.717, 1.165) is 6.42 Å². The quantitative estimate of drug-likeness (QED) is 0.918. The highest BCUT2D eigenvalue weighted by Gasteiger charge is 2.24. The summed E-state index contributed by atoms with van der Waals surface area (Å²) in [6.45, 7) is 3.97. The molecule has 2 heterocycles. The minimum atomic E-state index is -0.212. The first-order chi connectivity index (χ1) is 10.0. The van der Waals surface area contributed by atoms with Gasteiger partial charge in [0.1, 0.15) is 12.4 Å². The summed E-state index contributed by atoms with van der Waals surface area (Å²) in [6.07, 6.45) is 2.26. The molecular weight excluding hydrogens is 292 g/mol. The minimum Gasteiger partial charge on any atom is -0.369 e. The van der Waals surface area contributed by atoms with Gasteiger partial charge in [0.2, 0.25) is 5.91 Å². The molecule has 0 bridgehead atoms. The molecule has 2 rings (SSSR count). The van der Waals surface area contributed by atoms with Gasteiger partial charge in [0, 0.05) is 32.9 Å². The Balaban J connectivity index is 2.15. The zero-order valence-electron chi connectivity index (χ0n) is 12.2. The van der Waals surface area contributed by atoms with E-state index >= 15 is 0 Å². The van der Waals surface area contributed by atoms with Crippen LogP contribution in [-0.2, 0) is 4.79 Å². The van der Waals surface area contributed by atoms with Gasteiger partial charge in [-0.25, -0.2) is 4.98 Å². The standard InChI is InChI=1S/C14H19ClN4O2/c1-3-16-13-11(15)7-10(8-17-13)14(21)19-6-4-5-18(2)12(20)9-19/h7-8H,3-6,9H2,1-2H3,(H,16,17). The van der Waals surface area contributed by atoms with Crippen LogP contribution in [0.1, 0.15) is 23.7 Å². The van der Waals surface area contributed by atoms with Crippen LogP contribution in [0.3, 0.4) is 0 Å². The third-order valence-electron chi connectivity index (χ3n) is 3.39. The first-order valence-electron chi connectivity index (χ1n) is 6.95. The van der Waals surface area contributed by atoms with Crippen LogP contribution < -0.4 is 5.32 Å². The second-order valence-electron chi connectivity index (χ2n) is 4.98. The van der Waals surface area contributed by atoms with Gasteiger partial charge in [-0.15, -0.1) is 0 Å². The lowest BCUT2D eigenvalue weighted by Gasteiger charge is -2.20. The van der Waals surface area contributed by atoms with E-state index in [1.165, 1.54) is 6.20 Å². The van der Waals surface area contributed by atoms with Crippen LogP contribution >= 0.6 is 11.6 Å². The fraction of sp³-hybridized carbons (Fsp3) is 0.500. The molecule has 1 aliphatic rings. The average Bonchev–Trinajstić information content (AvgIpc) is 2.63. The number of hydrogen-bond acceptors (Lipinski definition) is 4. The number of anilines is 1. The van der Waals surface area contributed by atoms with Gasteiger partial charge in [-0.05, 0) is 19.4 Å². The molecule has 2 amide bonds. The number of hydrogen-bond donors (Lipinski definition) is 1. The topological polar surface area (TPSA) is 65.5 Å². The predicted octanol–water partition coefficient (Wildman–Crippen LogP) is 1.47. The smallest absolute Gasteiger partial charge is 0.255 e. The lowest BCUT2D eigenvalue weighted by atomic mass is 10.2. The highest BCUT2D eigenvalue weighted by atomic mass is 35.5. The minimum absolute atomic E-state index is 0.0517. The molecule has 114 valence electrons. The number of carbonyl (C=O) groups excluding carboxylic acids is 2. The number of carbonyl (C=O) groups is 2. The molecule has 1 aromatic rings. The number of rotatable bonds is 3. The summed E-state index contributed by atoms with van der Waals surface area (Å²) >= 11 is 6.10. The Kier molecular flexibility index (Phi) is 5.01. The van der Waals surface area contributed by atoms with Crippen LogP contribution in [0, 0.1) is 0 Å². The maximum absolute atomic E-state index is 12.5. The Bertz CT molecular complexity index is 550. The lowest BCUT2D eigenvalue weighted by Crippen LogP contribution is -2.38. The third kappa shape index (κ3) is 3.64. The molecule has 1 fully saturated rings. The van der Waals surface area contributed by atoms with E-state index in [2.05, 4.69) is 10.3 Å². The van der Waals surface area contributed by atoms with Gasteiger partial charge in [-0.2, -0.15) is 0 Å². The first kappa shape index (κ1) is 15.6. The molecule has 0 saturated carbocycles. The molecule has 0 radical (unpaired) electrons. The van der Waals surface area contributed by atoms with Gasteiger partial charge in [-0.3, -0.25) is 9.59 Å². The van der Waals surface area contributed by atoms with Crippen molar-refractivity contribution >= 4 is 29.2 Å². The van der Waals surface area contributed by atoms with E-state index < -0.39 is 0 Å². The van der Waals surface area contributed by atoms with Crippen LogP contribution in [0.25, 0.3) is 0 Å². The second-order valence-corrected chi connectivity index (χ2v) is 5.39. The third-order valence-corrected chi connectivity index (χ3v) is 3.68. The van der Waals surface area contributed by atoms with Crippen molar-refractivity contribution in [3.05, 3.63) is 22.8 Å². The van der Waals surface area contributed by atoms with E-state index in [0.29, 0.717) is 36.0 Å². The molecule has 7 heteroatoms. The van der Waals surface area contributed by atoms with Crippen molar-refractivity contribution in [3.63, 3.8) is 0 Å². The number of amides is 2. The summed E-state index contributed by atoms with van der Waals surface area (Å²) in [5.41, 5.74) is 0.402. The molecule has 0 spiro atoms. The summed E-state index contributed by atoms with van der Waals surface area (Å²) in [7, 11) is 1.75. The Morgan fingerprint density at radius 2 is 2.24 bits per heavy atom. The van der Waals surface area contributed by atoms with Crippen molar-refractivity contribution in [2.75, 3.05) is 38.5 Å². The summed E-state index contributed by atoms with van der Waals surface area (Å²) in [5.74, 6) is 0.294. The number of halogens is 1. The van der Waals surface area contributed by atoms with E-state index in [1.54, 1.807) is 22.9 Å². The fourth-order valence-corrected chi connectivity index (χ4v) is 2.43. The number of nitrogens with one attached hydrogen (secondary N) is 1.